The molecular formula is C21H18BrNO3. The molecular weight excluding hydrogens is 394 g/mol. The average molecular weight is 412 g/mol. The molecule has 3 rings (SSSR count). The number of hydrogen-bond donors (Lipinski definition) is 1. The molecule has 0 aliphatic heterocycles. The monoisotopic (exact) mass is 411 g/mol. The maximum absolute atomic E-state index is 12.1. The van der Waals surface area contributed by atoms with Crippen LogP contribution in [0.4, 0.5) is 5.69 Å². The summed E-state index contributed by atoms with van der Waals surface area (Å²) in [6, 6.07) is 22.4. The number of aryl methyl sites for hydroxylation is 1. The Morgan fingerprint density at radius 1 is 0.962 bits per heavy atom. The van der Waals surface area contributed by atoms with Crippen LogP contribution in [0.3, 0.4) is 0 Å². The smallest absolute Gasteiger partial charge is 0.262 e. The van der Waals surface area contributed by atoms with Gasteiger partial charge in [0.1, 0.15) is 17.2 Å². The largest absolute Gasteiger partial charge is 0.483 e. The highest BCUT2D eigenvalue weighted by Crippen LogP contribution is 2.26. The third kappa shape index (κ3) is 5.10. The summed E-state index contributed by atoms with van der Waals surface area (Å²) in [7, 11) is 0. The lowest BCUT2D eigenvalue weighted by Crippen LogP contribution is -2.20. The zero-order valence-corrected chi connectivity index (χ0v) is 15.8. The zero-order valence-electron chi connectivity index (χ0n) is 14.2. The maximum atomic E-state index is 12.1. The van der Waals surface area contributed by atoms with Crippen molar-refractivity contribution in [3.8, 4) is 17.2 Å². The molecule has 0 saturated heterocycles. The Labute approximate surface area is 160 Å². The first-order chi connectivity index (χ1) is 12.6. The third-order valence-corrected chi connectivity index (χ3v) is 4.18. The lowest BCUT2D eigenvalue weighted by atomic mass is 10.2. The average Bonchev–Trinajstić information content (AvgIpc) is 2.63. The van der Waals surface area contributed by atoms with Crippen molar-refractivity contribution in [2.45, 2.75) is 6.92 Å². The van der Waals surface area contributed by atoms with Gasteiger partial charge in [0, 0.05) is 5.69 Å². The molecule has 0 aliphatic carbocycles. The van der Waals surface area contributed by atoms with E-state index in [1.165, 1.54) is 0 Å². The Morgan fingerprint density at radius 2 is 1.65 bits per heavy atom. The maximum Gasteiger partial charge on any atom is 0.262 e. The van der Waals surface area contributed by atoms with Gasteiger partial charge < -0.3 is 14.8 Å². The minimum absolute atomic E-state index is 0.0655. The second-order valence-corrected chi connectivity index (χ2v) is 6.56. The van der Waals surface area contributed by atoms with Gasteiger partial charge >= 0.3 is 0 Å². The van der Waals surface area contributed by atoms with Crippen molar-refractivity contribution in [2.24, 2.45) is 0 Å². The fraction of sp³-hybridized carbons (Fsp3) is 0.0952. The summed E-state index contributed by atoms with van der Waals surface area (Å²) in [6.45, 7) is 1.93. The summed E-state index contributed by atoms with van der Waals surface area (Å²) in [5.74, 6) is 1.88. The van der Waals surface area contributed by atoms with E-state index in [1.807, 2.05) is 55.5 Å². The summed E-state index contributed by atoms with van der Waals surface area (Å²) < 4.78 is 12.1. The van der Waals surface area contributed by atoms with Crippen LogP contribution in [0.15, 0.2) is 77.3 Å². The number of hydrogen-bond acceptors (Lipinski definition) is 3. The van der Waals surface area contributed by atoms with Gasteiger partial charge in [0.2, 0.25) is 0 Å². The molecule has 0 heterocycles. The molecule has 26 heavy (non-hydrogen) atoms. The van der Waals surface area contributed by atoms with E-state index in [9.17, 15) is 4.79 Å². The number of anilines is 1. The number of nitrogens with one attached hydrogen (secondary N) is 1. The summed E-state index contributed by atoms with van der Waals surface area (Å²) in [5, 5.41) is 2.80. The molecule has 0 aliphatic rings. The predicted molar refractivity (Wildman–Crippen MR) is 106 cm³/mol. The van der Waals surface area contributed by atoms with Crippen LogP contribution in [0.1, 0.15) is 5.56 Å². The molecule has 0 saturated carbocycles. The van der Waals surface area contributed by atoms with Crippen molar-refractivity contribution in [1.82, 2.24) is 0 Å². The van der Waals surface area contributed by atoms with Crippen molar-refractivity contribution in [1.29, 1.82) is 0 Å². The first kappa shape index (κ1) is 18.0. The first-order valence-electron chi connectivity index (χ1n) is 8.12. The predicted octanol–water partition coefficient (Wildman–Crippen LogP) is 5.57. The minimum Gasteiger partial charge on any atom is -0.483 e. The standard InChI is InChI=1S/C21H18BrNO3/c1-15-7-12-20(19(22)13-15)25-14-21(24)23-16-8-10-18(11-9-16)26-17-5-3-2-4-6-17/h2-13H,14H2,1H3,(H,23,24). The number of rotatable bonds is 6. The highest BCUT2D eigenvalue weighted by Gasteiger charge is 2.07. The van der Waals surface area contributed by atoms with Gasteiger partial charge in [-0.25, -0.2) is 0 Å². The quantitative estimate of drug-likeness (QED) is 0.576. The number of benzene rings is 3. The minimum atomic E-state index is -0.228. The molecule has 0 fully saturated rings. The number of carbonyl (C=O) groups is 1. The van der Waals surface area contributed by atoms with E-state index in [4.69, 9.17) is 9.47 Å². The summed E-state index contributed by atoms with van der Waals surface area (Å²) in [6.07, 6.45) is 0. The van der Waals surface area contributed by atoms with Gasteiger partial charge in [-0.1, -0.05) is 24.3 Å². The Morgan fingerprint density at radius 3 is 2.35 bits per heavy atom. The molecule has 0 spiro atoms. The summed E-state index contributed by atoms with van der Waals surface area (Å²) in [5.41, 5.74) is 1.80. The first-order valence-corrected chi connectivity index (χ1v) is 8.91. The Balaban J connectivity index is 1.52. The van der Waals surface area contributed by atoms with Crippen LogP contribution in [-0.2, 0) is 4.79 Å². The molecule has 3 aromatic rings. The number of ether oxygens (including phenoxy) is 2. The second kappa shape index (κ2) is 8.54. The van der Waals surface area contributed by atoms with Crippen molar-refractivity contribution in [2.75, 3.05) is 11.9 Å². The molecule has 0 aromatic heterocycles. The lowest BCUT2D eigenvalue weighted by molar-refractivity contribution is -0.118. The second-order valence-electron chi connectivity index (χ2n) is 5.71. The van der Waals surface area contributed by atoms with Crippen LogP contribution in [0.5, 0.6) is 17.2 Å². The number of para-hydroxylation sites is 1. The SMILES string of the molecule is Cc1ccc(OCC(=O)Nc2ccc(Oc3ccccc3)cc2)c(Br)c1. The van der Waals surface area contributed by atoms with Crippen LogP contribution in [-0.4, -0.2) is 12.5 Å². The zero-order chi connectivity index (χ0) is 18.4. The Bertz CT molecular complexity index is 880. The Hall–Kier alpha value is -2.79. The van der Waals surface area contributed by atoms with Gasteiger partial charge in [-0.3, -0.25) is 4.79 Å². The van der Waals surface area contributed by atoms with Gasteiger partial charge in [0.15, 0.2) is 6.61 Å². The van der Waals surface area contributed by atoms with E-state index in [1.54, 1.807) is 24.3 Å². The van der Waals surface area contributed by atoms with Crippen molar-refractivity contribution in [3.05, 3.63) is 82.8 Å². The molecule has 132 valence electrons. The van der Waals surface area contributed by atoms with Gasteiger partial charge in [0.05, 0.1) is 4.47 Å². The topological polar surface area (TPSA) is 47.6 Å². The highest BCUT2D eigenvalue weighted by molar-refractivity contribution is 9.10. The summed E-state index contributed by atoms with van der Waals surface area (Å²) >= 11 is 3.43. The van der Waals surface area contributed by atoms with Crippen LogP contribution >= 0.6 is 15.9 Å². The Kier molecular flexibility index (Phi) is 5.92. The van der Waals surface area contributed by atoms with Crippen LogP contribution in [0.2, 0.25) is 0 Å². The molecule has 5 heteroatoms. The van der Waals surface area contributed by atoms with Crippen LogP contribution < -0.4 is 14.8 Å². The fourth-order valence-electron chi connectivity index (χ4n) is 2.29. The van der Waals surface area contributed by atoms with Crippen LogP contribution in [0.25, 0.3) is 0 Å². The molecule has 4 nitrogen and oxygen atoms in total. The van der Waals surface area contributed by atoms with E-state index >= 15 is 0 Å². The lowest BCUT2D eigenvalue weighted by Gasteiger charge is -2.10. The van der Waals surface area contributed by atoms with Crippen molar-refractivity contribution >= 4 is 27.5 Å². The molecule has 3 aromatic carbocycles. The van der Waals surface area contributed by atoms with E-state index in [0.29, 0.717) is 17.2 Å². The molecule has 1 amide bonds. The van der Waals surface area contributed by atoms with Gasteiger partial charge in [-0.05, 0) is 76.9 Å². The molecule has 0 atom stereocenters. The van der Waals surface area contributed by atoms with Gasteiger partial charge in [0.25, 0.3) is 5.91 Å². The van der Waals surface area contributed by atoms with E-state index in [2.05, 4.69) is 21.2 Å². The molecule has 1 N–H and O–H groups in total. The number of halogens is 1. The fourth-order valence-corrected chi connectivity index (χ4v) is 2.90. The normalized spacial score (nSPS) is 10.2. The van der Waals surface area contributed by atoms with E-state index < -0.39 is 0 Å². The highest BCUT2D eigenvalue weighted by atomic mass is 79.9. The summed E-state index contributed by atoms with van der Waals surface area (Å²) in [4.78, 5) is 12.1. The molecule has 0 bridgehead atoms. The van der Waals surface area contributed by atoms with Crippen molar-refractivity contribution in [3.63, 3.8) is 0 Å². The molecule has 0 radical (unpaired) electrons. The van der Waals surface area contributed by atoms with Gasteiger partial charge in [-0.15, -0.1) is 0 Å². The van der Waals surface area contributed by atoms with E-state index in [0.717, 1.165) is 15.8 Å². The van der Waals surface area contributed by atoms with Crippen molar-refractivity contribution < 1.29 is 14.3 Å². The number of carbonyl (C=O) groups excluding carboxylic acids is 1. The van der Waals surface area contributed by atoms with E-state index in [-0.39, 0.29) is 12.5 Å². The third-order valence-electron chi connectivity index (χ3n) is 3.56. The molecule has 0 unspecified atom stereocenters. The van der Waals surface area contributed by atoms with Gasteiger partial charge in [-0.2, -0.15) is 0 Å². The number of amides is 1. The van der Waals surface area contributed by atoms with Crippen LogP contribution in [0, 0.1) is 6.92 Å².